The van der Waals surface area contributed by atoms with Gasteiger partial charge in [0, 0.05) is 6.42 Å². The van der Waals surface area contributed by atoms with Crippen LogP contribution in [0.5, 0.6) is 0 Å². The summed E-state index contributed by atoms with van der Waals surface area (Å²) in [5.41, 5.74) is 0. The molecule has 2 aliphatic rings. The van der Waals surface area contributed by atoms with Gasteiger partial charge in [-0.3, -0.25) is 4.79 Å². The van der Waals surface area contributed by atoms with Crippen molar-refractivity contribution < 1.29 is 64.6 Å². The van der Waals surface area contributed by atoms with Crippen molar-refractivity contribution in [2.75, 3.05) is 19.8 Å². The molecule has 0 saturated carbocycles. The van der Waals surface area contributed by atoms with E-state index >= 15 is 0 Å². The molecule has 14 nitrogen and oxygen atoms in total. The molecule has 2 heterocycles. The van der Waals surface area contributed by atoms with Crippen LogP contribution in [0.3, 0.4) is 0 Å². The normalized spacial score (nSPS) is 23.9. The smallest absolute Gasteiger partial charge is 0.220 e. The van der Waals surface area contributed by atoms with Gasteiger partial charge in [-0.2, -0.15) is 0 Å². The summed E-state index contributed by atoms with van der Waals surface area (Å²) in [7, 11) is 0. The lowest BCUT2D eigenvalue weighted by atomic mass is 9.97. The molecule has 0 aromatic rings. The molecule has 0 radical (unpaired) electrons. The third kappa shape index (κ3) is 42.1. The molecule has 0 bridgehead atoms. The molecule has 1 amide bonds. The Morgan fingerprint density at radius 3 is 1.18 bits per heavy atom. The number of carbonyl (C=O) groups is 1. The number of aliphatic hydroxyl groups is 8. The number of nitrogens with one attached hydrogen (secondary N) is 1. The number of amides is 1. The molecule has 2 saturated heterocycles. The van der Waals surface area contributed by atoms with E-state index < -0.39 is 86.8 Å². The van der Waals surface area contributed by atoms with Crippen molar-refractivity contribution in [1.82, 2.24) is 5.32 Å². The third-order valence-corrected chi connectivity index (χ3v) is 16.1. The van der Waals surface area contributed by atoms with E-state index in [1.54, 1.807) is 0 Å². The van der Waals surface area contributed by atoms with Gasteiger partial charge >= 0.3 is 0 Å². The van der Waals surface area contributed by atoms with E-state index in [0.717, 1.165) is 116 Å². The van der Waals surface area contributed by atoms with E-state index in [0.29, 0.717) is 12.8 Å². The van der Waals surface area contributed by atoms with Gasteiger partial charge in [-0.05, 0) is 96.3 Å². The maximum atomic E-state index is 13.3. The highest BCUT2D eigenvalue weighted by atomic mass is 16.7. The Balaban J connectivity index is 1.68. The zero-order valence-corrected chi connectivity index (χ0v) is 55.1. The maximum absolute atomic E-state index is 13.3. The van der Waals surface area contributed by atoms with Crippen molar-refractivity contribution in [1.29, 1.82) is 0 Å². The predicted octanol–water partition coefficient (Wildman–Crippen LogP) is 14.3. The van der Waals surface area contributed by atoms with Gasteiger partial charge < -0.3 is 65.1 Å². The Kier molecular flexibility index (Phi) is 52.9. The molecule has 2 aliphatic heterocycles. The van der Waals surface area contributed by atoms with E-state index in [1.807, 2.05) is 0 Å². The molecule has 0 aliphatic carbocycles. The quantitative estimate of drug-likeness (QED) is 0.0204. The predicted molar refractivity (Wildman–Crippen MR) is 364 cm³/mol. The summed E-state index contributed by atoms with van der Waals surface area (Å²) in [4.78, 5) is 13.3. The summed E-state index contributed by atoms with van der Waals surface area (Å²) in [6.45, 7) is 2.73. The Labute approximate surface area is 539 Å². The molecule has 0 aromatic carbocycles. The van der Waals surface area contributed by atoms with Crippen LogP contribution in [0.1, 0.15) is 239 Å². The molecular formula is C75H125NO13. The van der Waals surface area contributed by atoms with E-state index in [4.69, 9.17) is 18.9 Å². The largest absolute Gasteiger partial charge is 0.394 e. The van der Waals surface area contributed by atoms with E-state index in [1.165, 1.54) is 89.9 Å². The second-order valence-corrected chi connectivity index (χ2v) is 23.9. The standard InChI is InChI=1S/C75H125NO13/c1-3-5-7-9-11-13-15-17-19-21-23-24-25-26-27-28-29-30-31-32-33-34-35-36-37-38-39-40-41-43-45-47-49-51-53-55-57-59-67(80)76-63(64(79)58-56-54-52-50-48-46-44-42-22-20-18-16-14-12-10-8-6-4-2)62-86-74-72(85)70(83)73(66(61-78)88-74)89-75-71(84)69(82)68(81)65(60-77)87-75/h5,7,11,13,17,19,23-24,26-27,29-30,32-33,35-36,38-39,41,43,47,49,63-66,68-75,77-79,81-85H,3-4,6,8-10,12,14-16,18,20-22,25,28,31,34,37,40,42,44-46,48,50-62H2,1-2H3,(H,76,80)/b7-5-,13-11-,19-17-,24-23-,27-26-,30-29-,33-32-,36-35-,39-38-,43-41-,49-47-. The van der Waals surface area contributed by atoms with Gasteiger partial charge in [0.25, 0.3) is 0 Å². The number of hydrogen-bond donors (Lipinski definition) is 9. The van der Waals surface area contributed by atoms with Crippen LogP contribution in [0.15, 0.2) is 134 Å². The molecular weight excluding hydrogens is 1120 g/mol. The van der Waals surface area contributed by atoms with Crippen molar-refractivity contribution in [2.45, 2.75) is 312 Å². The summed E-state index contributed by atoms with van der Waals surface area (Å²) in [6, 6.07) is -0.858. The van der Waals surface area contributed by atoms with Crippen molar-refractivity contribution in [2.24, 2.45) is 0 Å². The van der Waals surface area contributed by atoms with Gasteiger partial charge in [-0.15, -0.1) is 0 Å². The first-order valence-electron chi connectivity index (χ1n) is 34.9. The number of carbonyl (C=O) groups excluding carboxylic acids is 1. The average molecular weight is 1250 g/mol. The fourth-order valence-corrected chi connectivity index (χ4v) is 10.6. The van der Waals surface area contributed by atoms with E-state index in [2.05, 4.69) is 153 Å². The second kappa shape index (κ2) is 58.0. The molecule has 2 fully saturated rings. The summed E-state index contributed by atoms with van der Waals surface area (Å²) in [5.74, 6) is -0.242. The molecule has 508 valence electrons. The number of aliphatic hydroxyl groups excluding tert-OH is 8. The SMILES string of the molecule is CC/C=C\C/C=C\C/C=C\C/C=C\C/C=C\C/C=C\C/C=C\C/C=C\C/C=C\C/C=C\C/C=C\CCCCCC(=O)NC(COC1OC(CO)C(OC2OC(CO)C(O)C(O)C2O)C(O)C1O)C(O)CCCCCCCCCCCCCCCCCCCC. The van der Waals surface area contributed by atoms with Gasteiger partial charge in [0.05, 0.1) is 32.0 Å². The molecule has 0 aromatic heterocycles. The average Bonchev–Trinajstić information content (AvgIpc) is 1.44. The minimum absolute atomic E-state index is 0.242. The molecule has 89 heavy (non-hydrogen) atoms. The molecule has 14 heteroatoms. The third-order valence-electron chi connectivity index (χ3n) is 16.1. The number of unbranched alkanes of at least 4 members (excludes halogenated alkanes) is 20. The fourth-order valence-electron chi connectivity index (χ4n) is 10.6. The maximum Gasteiger partial charge on any atom is 0.220 e. The van der Waals surface area contributed by atoms with Gasteiger partial charge in [0.1, 0.15) is 48.8 Å². The summed E-state index contributed by atoms with van der Waals surface area (Å²) in [6.07, 6.45) is 68.8. The highest BCUT2D eigenvalue weighted by Gasteiger charge is 2.51. The summed E-state index contributed by atoms with van der Waals surface area (Å²) in [5, 5.41) is 87.5. The van der Waals surface area contributed by atoms with E-state index in [9.17, 15) is 45.6 Å². The highest BCUT2D eigenvalue weighted by molar-refractivity contribution is 5.76. The van der Waals surface area contributed by atoms with Crippen LogP contribution in [-0.4, -0.2) is 140 Å². The first-order valence-corrected chi connectivity index (χ1v) is 34.9. The topological polar surface area (TPSA) is 228 Å². The van der Waals surface area contributed by atoms with Crippen LogP contribution in [0.4, 0.5) is 0 Å². The monoisotopic (exact) mass is 1250 g/mol. The molecule has 0 spiro atoms. The van der Waals surface area contributed by atoms with Crippen LogP contribution in [0, 0.1) is 0 Å². The minimum atomic E-state index is -1.79. The summed E-state index contributed by atoms with van der Waals surface area (Å²) >= 11 is 0. The zero-order valence-electron chi connectivity index (χ0n) is 55.1. The molecule has 9 N–H and O–H groups in total. The lowest BCUT2D eigenvalue weighted by Crippen LogP contribution is -2.65. The number of rotatable bonds is 55. The van der Waals surface area contributed by atoms with Gasteiger partial charge in [0.2, 0.25) is 5.91 Å². The zero-order chi connectivity index (χ0) is 64.5. The van der Waals surface area contributed by atoms with Gasteiger partial charge in [0.15, 0.2) is 12.6 Å². The van der Waals surface area contributed by atoms with Gasteiger partial charge in [-0.25, -0.2) is 0 Å². The summed E-state index contributed by atoms with van der Waals surface area (Å²) < 4.78 is 22.9. The van der Waals surface area contributed by atoms with Crippen molar-refractivity contribution in [3.05, 3.63) is 134 Å². The first-order chi connectivity index (χ1) is 43.6. The van der Waals surface area contributed by atoms with Crippen LogP contribution in [0.25, 0.3) is 0 Å². The van der Waals surface area contributed by atoms with Gasteiger partial charge in [-0.1, -0.05) is 270 Å². The number of allylic oxidation sites excluding steroid dienone is 22. The molecule has 12 unspecified atom stereocenters. The second-order valence-electron chi connectivity index (χ2n) is 23.9. The first kappa shape index (κ1) is 81.2. The number of ether oxygens (including phenoxy) is 4. The van der Waals surface area contributed by atoms with E-state index in [-0.39, 0.29) is 18.9 Å². The van der Waals surface area contributed by atoms with Crippen LogP contribution < -0.4 is 5.32 Å². The minimum Gasteiger partial charge on any atom is -0.394 e. The lowest BCUT2D eigenvalue weighted by molar-refractivity contribution is -0.359. The number of hydrogen-bond acceptors (Lipinski definition) is 13. The molecule has 12 atom stereocenters. The van der Waals surface area contributed by atoms with Crippen molar-refractivity contribution in [3.8, 4) is 0 Å². The Hall–Kier alpha value is -3.87. The van der Waals surface area contributed by atoms with Crippen molar-refractivity contribution in [3.63, 3.8) is 0 Å². The molecule has 2 rings (SSSR count). The van der Waals surface area contributed by atoms with Crippen LogP contribution in [-0.2, 0) is 23.7 Å². The van der Waals surface area contributed by atoms with Crippen molar-refractivity contribution >= 4 is 5.91 Å². The van der Waals surface area contributed by atoms with Crippen LogP contribution >= 0.6 is 0 Å². The van der Waals surface area contributed by atoms with Crippen LogP contribution in [0.2, 0.25) is 0 Å². The Morgan fingerprint density at radius 1 is 0.416 bits per heavy atom. The Bertz CT molecular complexity index is 2010. The lowest BCUT2D eigenvalue weighted by Gasteiger charge is -2.46. The highest BCUT2D eigenvalue weighted by Crippen LogP contribution is 2.30. The Morgan fingerprint density at radius 2 is 0.775 bits per heavy atom. The fraction of sp³-hybridized carbons (Fsp3) is 0.693.